The molecule has 0 saturated heterocycles. The molecule has 3 aromatic carbocycles. The smallest absolute Gasteiger partial charge is 0.264 e. The summed E-state index contributed by atoms with van der Waals surface area (Å²) < 4.78 is 0. The van der Waals surface area contributed by atoms with E-state index in [1.54, 1.807) is 17.0 Å². The lowest BCUT2D eigenvalue weighted by Gasteiger charge is -2.23. The Bertz CT molecular complexity index is 1160. The van der Waals surface area contributed by atoms with Gasteiger partial charge in [-0.3, -0.25) is 9.59 Å². The number of fused-ring (bicyclic) bond motifs is 1. The van der Waals surface area contributed by atoms with E-state index in [0.29, 0.717) is 23.4 Å². The largest absolute Gasteiger partial charge is 0.375 e. The predicted molar refractivity (Wildman–Crippen MR) is 122 cm³/mol. The molecule has 1 N–H and O–H groups in total. The van der Waals surface area contributed by atoms with Crippen molar-refractivity contribution < 1.29 is 14.7 Å². The zero-order valence-electron chi connectivity index (χ0n) is 18.4. The number of carbonyl (C=O) groups is 2. The van der Waals surface area contributed by atoms with Gasteiger partial charge in [0.05, 0.1) is 18.7 Å². The molecule has 0 bridgehead atoms. The van der Waals surface area contributed by atoms with E-state index in [4.69, 9.17) is 0 Å². The molecule has 1 aliphatic rings. The molecule has 4 heteroatoms. The van der Waals surface area contributed by atoms with Gasteiger partial charge in [-0.25, -0.2) is 0 Å². The number of anilines is 1. The summed E-state index contributed by atoms with van der Waals surface area (Å²) in [5, 5.41) is 11.6. The standard InChI is InChI=1S/C27H27NO3/c1-17-9-11-21(12-10-17)16-28-23-8-6-5-7-22(23)27(31,26(28)30)15-24(29)25-19(3)13-18(2)14-20(25)4/h5-14,31H,15-16H2,1-4H3/t27-/m0/s1. The maximum absolute atomic E-state index is 13.5. The van der Waals surface area contributed by atoms with Gasteiger partial charge in [-0.15, -0.1) is 0 Å². The van der Waals surface area contributed by atoms with Gasteiger partial charge >= 0.3 is 0 Å². The molecular formula is C27H27NO3. The number of aryl methyl sites for hydroxylation is 4. The number of hydrogen-bond acceptors (Lipinski definition) is 3. The lowest BCUT2D eigenvalue weighted by atomic mass is 9.85. The quantitative estimate of drug-likeness (QED) is 0.604. The first-order valence-corrected chi connectivity index (χ1v) is 10.5. The fourth-order valence-electron chi connectivity index (χ4n) is 4.65. The Hall–Kier alpha value is -3.24. The third kappa shape index (κ3) is 3.68. The minimum Gasteiger partial charge on any atom is -0.375 e. The van der Waals surface area contributed by atoms with Crippen molar-refractivity contribution >= 4 is 17.4 Å². The Morgan fingerprint density at radius 1 is 0.903 bits per heavy atom. The molecule has 0 spiro atoms. The van der Waals surface area contributed by atoms with Crippen LogP contribution in [0.5, 0.6) is 0 Å². The molecule has 3 aromatic rings. The molecule has 0 radical (unpaired) electrons. The Morgan fingerprint density at radius 3 is 2.16 bits per heavy atom. The van der Waals surface area contributed by atoms with Crippen molar-refractivity contribution in [1.82, 2.24) is 0 Å². The Labute approximate surface area is 183 Å². The highest BCUT2D eigenvalue weighted by molar-refractivity contribution is 6.11. The number of Topliss-reactive ketones (excluding diaryl/α,β-unsaturated/α-hetero) is 1. The van der Waals surface area contributed by atoms with Crippen LogP contribution in [0.4, 0.5) is 5.69 Å². The summed E-state index contributed by atoms with van der Waals surface area (Å²) in [6.07, 6.45) is -0.280. The van der Waals surface area contributed by atoms with Crippen molar-refractivity contribution in [2.45, 2.75) is 46.3 Å². The predicted octanol–water partition coefficient (Wildman–Crippen LogP) is 4.93. The van der Waals surface area contributed by atoms with Crippen molar-refractivity contribution in [2.75, 3.05) is 4.90 Å². The maximum atomic E-state index is 13.5. The van der Waals surface area contributed by atoms with Gasteiger partial charge in [-0.2, -0.15) is 0 Å². The molecule has 1 amide bonds. The average Bonchev–Trinajstić information content (AvgIpc) is 2.91. The molecule has 1 heterocycles. The summed E-state index contributed by atoms with van der Waals surface area (Å²) in [4.78, 5) is 28.3. The van der Waals surface area contributed by atoms with Crippen LogP contribution in [0.25, 0.3) is 0 Å². The molecule has 31 heavy (non-hydrogen) atoms. The highest BCUT2D eigenvalue weighted by Gasteiger charge is 2.50. The number of para-hydroxylation sites is 1. The van der Waals surface area contributed by atoms with Gasteiger partial charge in [-0.1, -0.05) is 65.7 Å². The molecule has 0 saturated carbocycles. The van der Waals surface area contributed by atoms with Crippen LogP contribution in [-0.2, 0) is 16.9 Å². The number of amides is 1. The van der Waals surface area contributed by atoms with Crippen LogP contribution in [-0.4, -0.2) is 16.8 Å². The molecule has 4 nitrogen and oxygen atoms in total. The average molecular weight is 414 g/mol. The second-order valence-corrected chi connectivity index (χ2v) is 8.63. The lowest BCUT2D eigenvalue weighted by Crippen LogP contribution is -2.41. The highest BCUT2D eigenvalue weighted by atomic mass is 16.3. The molecule has 0 aromatic heterocycles. The van der Waals surface area contributed by atoms with Crippen molar-refractivity contribution in [3.63, 3.8) is 0 Å². The molecule has 0 aliphatic carbocycles. The van der Waals surface area contributed by atoms with E-state index in [1.165, 1.54) is 0 Å². The van der Waals surface area contributed by atoms with E-state index in [2.05, 4.69) is 0 Å². The number of ketones is 1. The fourth-order valence-corrected chi connectivity index (χ4v) is 4.65. The normalized spacial score (nSPS) is 17.7. The first-order chi connectivity index (χ1) is 14.7. The zero-order chi connectivity index (χ0) is 22.3. The van der Waals surface area contributed by atoms with E-state index >= 15 is 0 Å². The minimum atomic E-state index is -1.87. The van der Waals surface area contributed by atoms with E-state index in [0.717, 1.165) is 27.8 Å². The van der Waals surface area contributed by atoms with Crippen molar-refractivity contribution in [2.24, 2.45) is 0 Å². The van der Waals surface area contributed by atoms with Crippen LogP contribution in [0.3, 0.4) is 0 Å². The Balaban J connectivity index is 1.70. The lowest BCUT2D eigenvalue weighted by molar-refractivity contribution is -0.136. The Kier molecular flexibility index (Phi) is 5.28. The zero-order valence-corrected chi connectivity index (χ0v) is 18.4. The number of hydrogen-bond donors (Lipinski definition) is 1. The number of benzene rings is 3. The van der Waals surface area contributed by atoms with Gasteiger partial charge in [0.1, 0.15) is 0 Å². The Morgan fingerprint density at radius 2 is 1.52 bits per heavy atom. The van der Waals surface area contributed by atoms with Crippen LogP contribution in [0.2, 0.25) is 0 Å². The van der Waals surface area contributed by atoms with Crippen molar-refractivity contribution in [3.05, 3.63) is 99.6 Å². The van der Waals surface area contributed by atoms with Crippen LogP contribution in [0, 0.1) is 27.7 Å². The number of aliphatic hydroxyl groups is 1. The molecule has 0 fully saturated rings. The number of rotatable bonds is 5. The van der Waals surface area contributed by atoms with Crippen LogP contribution < -0.4 is 4.90 Å². The minimum absolute atomic E-state index is 0.224. The highest BCUT2D eigenvalue weighted by Crippen LogP contribution is 2.43. The van der Waals surface area contributed by atoms with Gasteiger partial charge in [-0.05, 0) is 50.5 Å². The third-order valence-corrected chi connectivity index (χ3v) is 6.07. The summed E-state index contributed by atoms with van der Waals surface area (Å²) in [5.74, 6) is -0.678. The van der Waals surface area contributed by atoms with E-state index in [1.807, 2.05) is 76.2 Å². The van der Waals surface area contributed by atoms with Crippen LogP contribution in [0.1, 0.15) is 50.2 Å². The van der Waals surface area contributed by atoms with E-state index in [9.17, 15) is 14.7 Å². The monoisotopic (exact) mass is 413 g/mol. The number of carbonyl (C=O) groups excluding carboxylic acids is 2. The second kappa shape index (κ2) is 7.78. The maximum Gasteiger partial charge on any atom is 0.264 e. The second-order valence-electron chi connectivity index (χ2n) is 8.63. The van der Waals surface area contributed by atoms with Crippen molar-refractivity contribution in [1.29, 1.82) is 0 Å². The molecule has 1 aliphatic heterocycles. The first kappa shape index (κ1) is 21.0. The molecule has 158 valence electrons. The number of nitrogens with zero attached hydrogens (tertiary/aromatic N) is 1. The SMILES string of the molecule is Cc1ccc(CN2C(=O)[C@](O)(CC(=O)c3c(C)cc(C)cc3C)c3ccccc32)cc1. The first-order valence-electron chi connectivity index (χ1n) is 10.5. The van der Waals surface area contributed by atoms with Crippen molar-refractivity contribution in [3.8, 4) is 0 Å². The van der Waals surface area contributed by atoms with Crippen LogP contribution in [0.15, 0.2) is 60.7 Å². The van der Waals surface area contributed by atoms with Gasteiger partial charge in [0, 0.05) is 11.1 Å². The summed E-state index contributed by atoms with van der Waals surface area (Å²) >= 11 is 0. The molecular weight excluding hydrogens is 386 g/mol. The summed E-state index contributed by atoms with van der Waals surface area (Å²) in [6, 6.07) is 19.1. The summed E-state index contributed by atoms with van der Waals surface area (Å²) in [5.41, 5.74) is 4.77. The summed E-state index contributed by atoms with van der Waals surface area (Å²) in [7, 11) is 0. The van der Waals surface area contributed by atoms with Gasteiger partial charge in [0.2, 0.25) is 0 Å². The van der Waals surface area contributed by atoms with E-state index < -0.39 is 11.5 Å². The van der Waals surface area contributed by atoms with Gasteiger partial charge in [0.25, 0.3) is 5.91 Å². The third-order valence-electron chi connectivity index (χ3n) is 6.07. The fraction of sp³-hybridized carbons (Fsp3) is 0.259. The van der Waals surface area contributed by atoms with Crippen LogP contribution >= 0.6 is 0 Å². The molecule has 4 rings (SSSR count). The molecule has 0 unspecified atom stereocenters. The molecule has 1 atom stereocenters. The summed E-state index contributed by atoms with van der Waals surface area (Å²) in [6.45, 7) is 8.13. The van der Waals surface area contributed by atoms with Gasteiger partial charge in [0.15, 0.2) is 11.4 Å². The van der Waals surface area contributed by atoms with Gasteiger partial charge < -0.3 is 10.0 Å². The van der Waals surface area contributed by atoms with E-state index in [-0.39, 0.29) is 12.2 Å². The topological polar surface area (TPSA) is 57.6 Å².